The maximum Gasteiger partial charge on any atom is 0.321 e. The highest BCUT2D eigenvalue weighted by molar-refractivity contribution is 7.09. The summed E-state index contributed by atoms with van der Waals surface area (Å²) in [7, 11) is 0. The van der Waals surface area contributed by atoms with Crippen LogP contribution < -0.4 is 10.6 Å². The Balaban J connectivity index is 1.33. The third-order valence-electron chi connectivity index (χ3n) is 4.15. The first-order chi connectivity index (χ1) is 12.6. The summed E-state index contributed by atoms with van der Waals surface area (Å²) >= 11 is 1.56. The van der Waals surface area contributed by atoms with Gasteiger partial charge in [-0.05, 0) is 18.4 Å². The molecule has 0 aromatic carbocycles. The second kappa shape index (κ2) is 8.93. The van der Waals surface area contributed by atoms with E-state index in [4.69, 9.17) is 4.52 Å². The minimum Gasteiger partial charge on any atom is -0.361 e. The Labute approximate surface area is 156 Å². The van der Waals surface area contributed by atoms with E-state index in [1.807, 2.05) is 35.4 Å². The van der Waals surface area contributed by atoms with Gasteiger partial charge in [-0.3, -0.25) is 19.9 Å². The van der Waals surface area contributed by atoms with Crippen LogP contribution in [0, 0.1) is 6.92 Å². The maximum absolute atomic E-state index is 12.0. The van der Waals surface area contributed by atoms with Gasteiger partial charge in [-0.15, -0.1) is 11.3 Å². The van der Waals surface area contributed by atoms with Crippen LogP contribution in [0.5, 0.6) is 0 Å². The summed E-state index contributed by atoms with van der Waals surface area (Å²) in [5.74, 6) is 0.530. The number of piperazine rings is 1. The fraction of sp³-hybridized carbons (Fsp3) is 0.471. The SMILES string of the molecule is Cc1cc(CN2CCN(CC(=O)NC(=O)NCc3cccs3)CC2)no1. The number of hydrogen-bond acceptors (Lipinski definition) is 7. The number of imide groups is 1. The van der Waals surface area contributed by atoms with E-state index in [1.165, 1.54) is 0 Å². The highest BCUT2D eigenvalue weighted by atomic mass is 32.1. The smallest absolute Gasteiger partial charge is 0.321 e. The van der Waals surface area contributed by atoms with Crippen molar-refractivity contribution >= 4 is 23.3 Å². The number of hydrogen-bond donors (Lipinski definition) is 2. The molecule has 3 heterocycles. The van der Waals surface area contributed by atoms with Gasteiger partial charge in [-0.25, -0.2) is 4.79 Å². The first-order valence-corrected chi connectivity index (χ1v) is 9.43. The number of amides is 3. The molecular weight excluding hydrogens is 354 g/mol. The molecule has 3 amide bonds. The average molecular weight is 377 g/mol. The summed E-state index contributed by atoms with van der Waals surface area (Å²) in [4.78, 5) is 29.2. The Hall–Kier alpha value is -2.23. The number of nitrogens with zero attached hydrogens (tertiary/aromatic N) is 3. The van der Waals surface area contributed by atoms with Crippen LogP contribution in [0.3, 0.4) is 0 Å². The van der Waals surface area contributed by atoms with E-state index in [1.54, 1.807) is 11.3 Å². The van der Waals surface area contributed by atoms with Gasteiger partial charge < -0.3 is 9.84 Å². The van der Waals surface area contributed by atoms with Gasteiger partial charge in [0.1, 0.15) is 5.76 Å². The quantitative estimate of drug-likeness (QED) is 0.786. The number of urea groups is 1. The fourth-order valence-electron chi connectivity index (χ4n) is 2.82. The summed E-state index contributed by atoms with van der Waals surface area (Å²) in [6.45, 7) is 6.54. The zero-order valence-electron chi connectivity index (χ0n) is 14.7. The van der Waals surface area contributed by atoms with Crippen LogP contribution in [-0.4, -0.2) is 59.6 Å². The minimum absolute atomic E-state index is 0.226. The standard InChI is InChI=1S/C17H23N5O3S/c1-13-9-14(20-25-13)11-21-4-6-22(7-5-21)12-16(23)19-17(24)18-10-15-3-2-8-26-15/h2-3,8-9H,4-7,10-12H2,1H3,(H2,18,19,23,24). The molecule has 1 aliphatic rings. The zero-order valence-corrected chi connectivity index (χ0v) is 15.6. The van der Waals surface area contributed by atoms with Crippen LogP contribution in [0.4, 0.5) is 4.79 Å². The maximum atomic E-state index is 12.0. The Morgan fingerprint density at radius 3 is 2.69 bits per heavy atom. The Kier molecular flexibility index (Phi) is 6.37. The largest absolute Gasteiger partial charge is 0.361 e. The van der Waals surface area contributed by atoms with Crippen molar-refractivity contribution in [2.24, 2.45) is 0 Å². The molecule has 0 radical (unpaired) electrons. The van der Waals surface area contributed by atoms with E-state index in [0.29, 0.717) is 6.54 Å². The predicted molar refractivity (Wildman–Crippen MR) is 97.7 cm³/mol. The average Bonchev–Trinajstić information content (AvgIpc) is 3.26. The molecule has 8 nitrogen and oxygen atoms in total. The molecule has 1 aliphatic heterocycles. The van der Waals surface area contributed by atoms with Crippen molar-refractivity contribution in [3.8, 4) is 0 Å². The minimum atomic E-state index is -0.455. The molecule has 1 fully saturated rings. The van der Waals surface area contributed by atoms with Crippen molar-refractivity contribution in [3.63, 3.8) is 0 Å². The highest BCUT2D eigenvalue weighted by Crippen LogP contribution is 2.09. The van der Waals surface area contributed by atoms with Crippen molar-refractivity contribution in [2.45, 2.75) is 20.0 Å². The van der Waals surface area contributed by atoms with Gasteiger partial charge >= 0.3 is 6.03 Å². The van der Waals surface area contributed by atoms with Gasteiger partial charge in [0.15, 0.2) is 0 Å². The number of carbonyl (C=O) groups is 2. The third-order valence-corrected chi connectivity index (χ3v) is 5.03. The van der Waals surface area contributed by atoms with Crippen molar-refractivity contribution in [2.75, 3.05) is 32.7 Å². The van der Waals surface area contributed by atoms with E-state index in [2.05, 4.69) is 20.7 Å². The van der Waals surface area contributed by atoms with Crippen molar-refractivity contribution < 1.29 is 14.1 Å². The summed E-state index contributed by atoms with van der Waals surface area (Å²) < 4.78 is 5.08. The van der Waals surface area contributed by atoms with E-state index < -0.39 is 6.03 Å². The molecule has 0 bridgehead atoms. The molecule has 0 aliphatic carbocycles. The van der Waals surface area contributed by atoms with Gasteiger partial charge in [0, 0.05) is 43.7 Å². The normalized spacial score (nSPS) is 15.7. The third kappa shape index (κ3) is 5.65. The first-order valence-electron chi connectivity index (χ1n) is 8.55. The molecule has 2 aromatic heterocycles. The van der Waals surface area contributed by atoms with Gasteiger partial charge in [0.05, 0.1) is 18.8 Å². The highest BCUT2D eigenvalue weighted by Gasteiger charge is 2.20. The lowest BCUT2D eigenvalue weighted by Gasteiger charge is -2.33. The predicted octanol–water partition coefficient (Wildman–Crippen LogP) is 1.19. The van der Waals surface area contributed by atoms with Crippen molar-refractivity contribution in [3.05, 3.63) is 39.9 Å². The van der Waals surface area contributed by atoms with Gasteiger partial charge in [-0.2, -0.15) is 0 Å². The molecule has 3 rings (SSSR count). The lowest BCUT2D eigenvalue weighted by Crippen LogP contribution is -2.50. The number of nitrogens with one attached hydrogen (secondary N) is 2. The molecule has 9 heteroatoms. The number of aryl methyl sites for hydroxylation is 1. The number of rotatable bonds is 6. The summed E-state index contributed by atoms with van der Waals surface area (Å²) in [6.07, 6.45) is 0. The van der Waals surface area contributed by atoms with Crippen LogP contribution in [-0.2, 0) is 17.9 Å². The summed E-state index contributed by atoms with van der Waals surface area (Å²) in [5.41, 5.74) is 0.927. The Bertz CT molecular complexity index is 723. The van der Waals surface area contributed by atoms with E-state index in [9.17, 15) is 9.59 Å². The Morgan fingerprint density at radius 2 is 2.04 bits per heavy atom. The van der Waals surface area contributed by atoms with Crippen LogP contribution >= 0.6 is 11.3 Å². The number of carbonyl (C=O) groups excluding carboxylic acids is 2. The Morgan fingerprint density at radius 1 is 1.27 bits per heavy atom. The van der Waals surface area contributed by atoms with Crippen molar-refractivity contribution in [1.29, 1.82) is 0 Å². The lowest BCUT2D eigenvalue weighted by molar-refractivity contribution is -0.121. The van der Waals surface area contributed by atoms with Crippen molar-refractivity contribution in [1.82, 2.24) is 25.6 Å². The van der Waals surface area contributed by atoms with Gasteiger partial charge in [0.25, 0.3) is 0 Å². The molecule has 0 spiro atoms. The molecule has 1 saturated heterocycles. The summed E-state index contributed by atoms with van der Waals surface area (Å²) in [6, 6.07) is 5.35. The van der Waals surface area contributed by atoms with Crippen LogP contribution in [0.15, 0.2) is 28.1 Å². The fourth-order valence-corrected chi connectivity index (χ4v) is 3.47. The molecule has 0 unspecified atom stereocenters. The lowest BCUT2D eigenvalue weighted by atomic mass is 10.2. The first kappa shape index (κ1) is 18.6. The summed E-state index contributed by atoms with van der Waals surface area (Å²) in [5, 5.41) is 11.0. The zero-order chi connectivity index (χ0) is 18.4. The van der Waals surface area contributed by atoms with E-state index >= 15 is 0 Å². The number of thiophene rings is 1. The van der Waals surface area contributed by atoms with Gasteiger partial charge in [0.2, 0.25) is 5.91 Å². The molecule has 0 saturated carbocycles. The second-order valence-corrected chi connectivity index (χ2v) is 7.32. The second-order valence-electron chi connectivity index (χ2n) is 6.29. The molecular formula is C17H23N5O3S. The van der Waals surface area contributed by atoms with Crippen LogP contribution in [0.1, 0.15) is 16.3 Å². The van der Waals surface area contributed by atoms with Gasteiger partial charge in [-0.1, -0.05) is 11.2 Å². The molecule has 0 atom stereocenters. The molecule has 2 aromatic rings. The molecule has 26 heavy (non-hydrogen) atoms. The van der Waals surface area contributed by atoms with E-state index in [-0.39, 0.29) is 12.5 Å². The topological polar surface area (TPSA) is 90.7 Å². The molecule has 2 N–H and O–H groups in total. The monoisotopic (exact) mass is 377 g/mol. The van der Waals surface area contributed by atoms with E-state index in [0.717, 1.165) is 49.1 Å². The molecule has 140 valence electrons. The van der Waals surface area contributed by atoms with Crippen LogP contribution in [0.2, 0.25) is 0 Å². The number of aromatic nitrogens is 1. The van der Waals surface area contributed by atoms with Crippen LogP contribution in [0.25, 0.3) is 0 Å².